The minimum absolute atomic E-state index is 0.135. The van der Waals surface area contributed by atoms with Crippen molar-refractivity contribution in [2.24, 2.45) is 0 Å². The van der Waals surface area contributed by atoms with E-state index < -0.39 is 0 Å². The van der Waals surface area contributed by atoms with Gasteiger partial charge in [0.1, 0.15) is 10.6 Å². The summed E-state index contributed by atoms with van der Waals surface area (Å²) in [6.07, 6.45) is 3.52. The van der Waals surface area contributed by atoms with Crippen LogP contribution >= 0.6 is 11.3 Å². The van der Waals surface area contributed by atoms with E-state index in [-0.39, 0.29) is 5.91 Å². The number of carbonyl (C=O) groups is 1. The lowest BCUT2D eigenvalue weighted by atomic mass is 10.1. The number of nitrogens with zero attached hydrogens (tertiary/aromatic N) is 4. The number of rotatable bonds is 8. The molecule has 0 saturated carbocycles. The highest BCUT2D eigenvalue weighted by molar-refractivity contribution is 7.17. The molecule has 32 heavy (non-hydrogen) atoms. The van der Waals surface area contributed by atoms with E-state index in [2.05, 4.69) is 20.6 Å². The molecule has 3 aromatic heterocycles. The van der Waals surface area contributed by atoms with Crippen LogP contribution in [0.2, 0.25) is 0 Å². The van der Waals surface area contributed by atoms with Gasteiger partial charge in [0, 0.05) is 37.1 Å². The lowest BCUT2D eigenvalue weighted by Crippen LogP contribution is -2.27. The Kier molecular flexibility index (Phi) is 6.46. The number of aryl methyl sites for hydroxylation is 1. The summed E-state index contributed by atoms with van der Waals surface area (Å²) in [6, 6.07) is 13.7. The topological polar surface area (TPSA) is 94.0 Å². The molecule has 8 nitrogen and oxygen atoms in total. The predicted octanol–water partition coefficient (Wildman–Crippen LogP) is 3.86. The third-order valence-corrected chi connectivity index (χ3v) is 6.10. The van der Waals surface area contributed by atoms with Crippen LogP contribution in [0.4, 0.5) is 5.13 Å². The minimum Gasteiger partial charge on any atom is -0.497 e. The zero-order chi connectivity index (χ0) is 22.5. The molecule has 2 N–H and O–H groups in total. The first kappa shape index (κ1) is 21.5. The third-order valence-electron chi connectivity index (χ3n) is 4.93. The fraction of sp³-hybridized carbons (Fsp3) is 0.217. The highest BCUT2D eigenvalue weighted by Crippen LogP contribution is 2.28. The molecule has 0 unspecified atom stereocenters. The van der Waals surface area contributed by atoms with Crippen LogP contribution in [-0.2, 0) is 6.54 Å². The number of anilines is 1. The van der Waals surface area contributed by atoms with Crippen LogP contribution in [0.25, 0.3) is 22.5 Å². The molecule has 0 aliphatic rings. The van der Waals surface area contributed by atoms with Gasteiger partial charge in [0.05, 0.1) is 30.7 Å². The first-order valence-corrected chi connectivity index (χ1v) is 11.0. The summed E-state index contributed by atoms with van der Waals surface area (Å²) < 4.78 is 7.28. The zero-order valence-corrected chi connectivity index (χ0v) is 18.9. The Hall–Kier alpha value is -3.72. The van der Waals surface area contributed by atoms with Crippen molar-refractivity contribution in [1.82, 2.24) is 25.1 Å². The van der Waals surface area contributed by atoms with Crippen molar-refractivity contribution >= 4 is 22.4 Å². The summed E-state index contributed by atoms with van der Waals surface area (Å²) in [6.45, 7) is 2.77. The van der Waals surface area contributed by atoms with Crippen LogP contribution < -0.4 is 15.4 Å². The number of hydrogen-bond acceptors (Lipinski definition) is 7. The van der Waals surface area contributed by atoms with Crippen molar-refractivity contribution in [1.29, 1.82) is 0 Å². The quantitative estimate of drug-likeness (QED) is 0.425. The van der Waals surface area contributed by atoms with Crippen molar-refractivity contribution in [3.05, 3.63) is 65.4 Å². The normalized spacial score (nSPS) is 10.7. The first-order chi connectivity index (χ1) is 15.6. The van der Waals surface area contributed by atoms with Gasteiger partial charge in [-0.25, -0.2) is 4.98 Å². The Labute approximate surface area is 190 Å². The standard InChI is InChI=1S/C23H24N6O2S/c1-15-21(32-23(24-2)27-15)22(30)26-10-11-29-20(16-6-4-8-18(12-16)31-3)13-19(28-29)17-7-5-9-25-14-17/h4-9,12-14H,10-11H2,1-3H3,(H,24,27)(H,26,30). The fourth-order valence-electron chi connectivity index (χ4n) is 3.33. The molecule has 0 aliphatic carbocycles. The van der Waals surface area contributed by atoms with Gasteiger partial charge in [-0.2, -0.15) is 5.10 Å². The lowest BCUT2D eigenvalue weighted by Gasteiger charge is -2.09. The van der Waals surface area contributed by atoms with E-state index in [0.29, 0.717) is 23.7 Å². The smallest absolute Gasteiger partial charge is 0.263 e. The summed E-state index contributed by atoms with van der Waals surface area (Å²) in [7, 11) is 3.44. The molecule has 3 heterocycles. The van der Waals surface area contributed by atoms with Crippen LogP contribution in [0, 0.1) is 6.92 Å². The molecular formula is C23H24N6O2S. The number of aromatic nitrogens is 4. The zero-order valence-electron chi connectivity index (χ0n) is 18.1. The highest BCUT2D eigenvalue weighted by Gasteiger charge is 2.16. The number of carbonyl (C=O) groups excluding carboxylic acids is 1. The molecule has 0 spiro atoms. The second-order valence-corrected chi connectivity index (χ2v) is 8.05. The van der Waals surface area contributed by atoms with Crippen molar-refractivity contribution in [2.45, 2.75) is 13.5 Å². The van der Waals surface area contributed by atoms with Crippen molar-refractivity contribution in [2.75, 3.05) is 26.0 Å². The molecule has 0 saturated heterocycles. The number of nitrogens with one attached hydrogen (secondary N) is 2. The Morgan fingerprint density at radius 3 is 2.75 bits per heavy atom. The second kappa shape index (κ2) is 9.61. The van der Waals surface area contributed by atoms with Gasteiger partial charge in [0.2, 0.25) is 0 Å². The summed E-state index contributed by atoms with van der Waals surface area (Å²) in [4.78, 5) is 21.8. The van der Waals surface area contributed by atoms with Gasteiger partial charge < -0.3 is 15.4 Å². The molecular weight excluding hydrogens is 424 g/mol. The molecule has 4 aromatic rings. The van der Waals surface area contributed by atoms with Gasteiger partial charge in [-0.3, -0.25) is 14.5 Å². The first-order valence-electron chi connectivity index (χ1n) is 10.1. The Morgan fingerprint density at radius 2 is 2.03 bits per heavy atom. The van der Waals surface area contributed by atoms with Gasteiger partial charge in [0.15, 0.2) is 5.13 Å². The van der Waals surface area contributed by atoms with Crippen molar-refractivity contribution < 1.29 is 9.53 Å². The summed E-state index contributed by atoms with van der Waals surface area (Å²) in [5, 5.41) is 11.5. The number of amides is 1. The number of methoxy groups -OCH3 is 1. The largest absolute Gasteiger partial charge is 0.497 e. The second-order valence-electron chi connectivity index (χ2n) is 7.05. The molecule has 0 radical (unpaired) electrons. The molecule has 9 heteroatoms. The molecule has 1 amide bonds. The summed E-state index contributed by atoms with van der Waals surface area (Å²) in [5.74, 6) is 0.636. The van der Waals surface area contributed by atoms with E-state index in [0.717, 1.165) is 33.4 Å². The van der Waals surface area contributed by atoms with Crippen LogP contribution in [0.3, 0.4) is 0 Å². The van der Waals surface area contributed by atoms with Gasteiger partial charge in [0.25, 0.3) is 5.91 Å². The Morgan fingerprint density at radius 1 is 1.19 bits per heavy atom. The lowest BCUT2D eigenvalue weighted by molar-refractivity contribution is 0.0955. The number of ether oxygens (including phenoxy) is 1. The Balaban J connectivity index is 1.57. The fourth-order valence-corrected chi connectivity index (χ4v) is 4.16. The molecule has 0 atom stereocenters. The number of thiazole rings is 1. The van der Waals surface area contributed by atoms with E-state index >= 15 is 0 Å². The summed E-state index contributed by atoms with van der Waals surface area (Å²) in [5.41, 5.74) is 4.38. The van der Waals surface area contributed by atoms with E-state index in [1.165, 1.54) is 11.3 Å². The van der Waals surface area contributed by atoms with Crippen LogP contribution in [0.15, 0.2) is 54.9 Å². The van der Waals surface area contributed by atoms with E-state index in [1.54, 1.807) is 26.6 Å². The van der Waals surface area contributed by atoms with E-state index in [4.69, 9.17) is 9.84 Å². The van der Waals surface area contributed by atoms with Crippen LogP contribution in [-0.4, -0.2) is 46.4 Å². The SMILES string of the molecule is CNc1nc(C)c(C(=O)NCCn2nc(-c3cccnc3)cc2-c2cccc(OC)c2)s1. The van der Waals surface area contributed by atoms with Gasteiger partial charge in [-0.15, -0.1) is 0 Å². The maximum atomic E-state index is 12.6. The molecule has 164 valence electrons. The van der Waals surface area contributed by atoms with Gasteiger partial charge >= 0.3 is 0 Å². The van der Waals surface area contributed by atoms with E-state index in [9.17, 15) is 4.79 Å². The van der Waals surface area contributed by atoms with Gasteiger partial charge in [-0.05, 0) is 37.3 Å². The molecule has 1 aromatic carbocycles. The number of hydrogen-bond donors (Lipinski definition) is 2. The molecule has 0 fully saturated rings. The maximum absolute atomic E-state index is 12.6. The predicted molar refractivity (Wildman–Crippen MR) is 126 cm³/mol. The number of benzene rings is 1. The summed E-state index contributed by atoms with van der Waals surface area (Å²) >= 11 is 1.34. The molecule has 0 bridgehead atoms. The monoisotopic (exact) mass is 448 g/mol. The maximum Gasteiger partial charge on any atom is 0.263 e. The van der Waals surface area contributed by atoms with Crippen molar-refractivity contribution in [3.63, 3.8) is 0 Å². The van der Waals surface area contributed by atoms with Crippen molar-refractivity contribution in [3.8, 4) is 28.3 Å². The van der Waals surface area contributed by atoms with Crippen LogP contribution in [0.1, 0.15) is 15.4 Å². The number of pyridine rings is 1. The van der Waals surface area contributed by atoms with Crippen LogP contribution in [0.5, 0.6) is 5.75 Å². The van der Waals surface area contributed by atoms with Gasteiger partial charge in [-0.1, -0.05) is 23.5 Å². The third kappa shape index (κ3) is 4.62. The average molecular weight is 449 g/mol. The average Bonchev–Trinajstić information content (AvgIpc) is 3.43. The molecule has 0 aliphatic heterocycles. The molecule has 4 rings (SSSR count). The highest BCUT2D eigenvalue weighted by atomic mass is 32.1. The Bertz CT molecular complexity index is 1220. The van der Waals surface area contributed by atoms with E-state index in [1.807, 2.05) is 54.1 Å². The minimum atomic E-state index is -0.135.